The number of aromatic nitrogens is 4. The smallest absolute Gasteiger partial charge is 0.0924 e. The van der Waals surface area contributed by atoms with Crippen molar-refractivity contribution >= 4 is 11.6 Å². The number of aromatic amines is 1. The molecule has 0 amide bonds. The van der Waals surface area contributed by atoms with Gasteiger partial charge in [-0.25, -0.2) is 4.98 Å². The molecule has 0 bridgehead atoms. The van der Waals surface area contributed by atoms with Gasteiger partial charge in [-0.1, -0.05) is 12.1 Å². The van der Waals surface area contributed by atoms with Crippen LogP contribution in [0.4, 0.5) is 0 Å². The van der Waals surface area contributed by atoms with E-state index in [1.165, 1.54) is 28.7 Å². The highest BCUT2D eigenvalue weighted by molar-refractivity contribution is 5.84. The monoisotopic (exact) mass is 290 g/mol. The molecule has 0 atom stereocenters. The zero-order valence-corrected chi connectivity index (χ0v) is 12.6. The van der Waals surface area contributed by atoms with E-state index in [-0.39, 0.29) is 0 Å². The second kappa shape index (κ2) is 5.30. The molecule has 0 unspecified atom stereocenters. The molecule has 4 nitrogen and oxygen atoms in total. The van der Waals surface area contributed by atoms with Crippen LogP contribution in [0.2, 0.25) is 0 Å². The number of hydrogen-bond acceptors (Lipinski definition) is 2. The number of H-pyrrole nitrogens is 1. The van der Waals surface area contributed by atoms with Crippen LogP contribution in [0.25, 0.3) is 22.9 Å². The van der Waals surface area contributed by atoms with Crippen molar-refractivity contribution in [3.8, 4) is 11.3 Å². The zero-order chi connectivity index (χ0) is 14.9. The van der Waals surface area contributed by atoms with Gasteiger partial charge in [-0.3, -0.25) is 4.68 Å². The van der Waals surface area contributed by atoms with E-state index in [2.05, 4.69) is 45.4 Å². The molecule has 0 aliphatic heterocycles. The standard InChI is InChI=1S/C18H18N4/c1-22-18(7-8-21-22)15-6-5-13-3-2-4-14(17(13)10-15)9-16-11-19-12-20-16/h5-12H,2-4H2,1H3,(H,19,20). The van der Waals surface area contributed by atoms with E-state index in [0.29, 0.717) is 0 Å². The first-order chi connectivity index (χ1) is 10.8. The van der Waals surface area contributed by atoms with Crippen LogP contribution >= 0.6 is 0 Å². The molecule has 22 heavy (non-hydrogen) atoms. The Morgan fingerprint density at radius 3 is 2.95 bits per heavy atom. The Kier molecular flexibility index (Phi) is 3.15. The first-order valence-corrected chi connectivity index (χ1v) is 7.62. The van der Waals surface area contributed by atoms with Gasteiger partial charge in [0.2, 0.25) is 0 Å². The van der Waals surface area contributed by atoms with E-state index in [9.17, 15) is 0 Å². The summed E-state index contributed by atoms with van der Waals surface area (Å²) in [6.07, 6.45) is 11.1. The van der Waals surface area contributed by atoms with Gasteiger partial charge in [0.15, 0.2) is 0 Å². The maximum Gasteiger partial charge on any atom is 0.0924 e. The van der Waals surface area contributed by atoms with Gasteiger partial charge >= 0.3 is 0 Å². The molecule has 4 heteroatoms. The van der Waals surface area contributed by atoms with Gasteiger partial charge in [-0.15, -0.1) is 0 Å². The quantitative estimate of drug-likeness (QED) is 0.782. The lowest BCUT2D eigenvalue weighted by Crippen LogP contribution is -2.03. The lowest BCUT2D eigenvalue weighted by molar-refractivity contribution is 0.775. The fourth-order valence-electron chi connectivity index (χ4n) is 3.20. The van der Waals surface area contributed by atoms with E-state index < -0.39 is 0 Å². The van der Waals surface area contributed by atoms with Crippen molar-refractivity contribution < 1.29 is 0 Å². The minimum atomic E-state index is 1.06. The van der Waals surface area contributed by atoms with Gasteiger partial charge in [0.05, 0.1) is 23.9 Å². The number of aryl methyl sites for hydroxylation is 2. The summed E-state index contributed by atoms with van der Waals surface area (Å²) in [5.74, 6) is 0. The Hall–Kier alpha value is -2.62. The lowest BCUT2D eigenvalue weighted by atomic mass is 9.85. The molecular formula is C18H18N4. The molecular weight excluding hydrogens is 272 g/mol. The number of nitrogens with zero attached hydrogens (tertiary/aromatic N) is 3. The molecule has 110 valence electrons. The Labute approximate surface area is 129 Å². The highest BCUT2D eigenvalue weighted by atomic mass is 15.3. The minimum Gasteiger partial charge on any atom is -0.345 e. The summed E-state index contributed by atoms with van der Waals surface area (Å²) in [6, 6.07) is 8.82. The van der Waals surface area contributed by atoms with Crippen molar-refractivity contribution in [1.82, 2.24) is 19.7 Å². The molecule has 2 heterocycles. The Balaban J connectivity index is 1.81. The Morgan fingerprint density at radius 1 is 1.23 bits per heavy atom. The summed E-state index contributed by atoms with van der Waals surface area (Å²) >= 11 is 0. The van der Waals surface area contributed by atoms with Crippen molar-refractivity contribution in [2.24, 2.45) is 7.05 Å². The van der Waals surface area contributed by atoms with Crippen LogP contribution in [0.1, 0.15) is 29.7 Å². The lowest BCUT2D eigenvalue weighted by Gasteiger charge is -2.20. The van der Waals surface area contributed by atoms with Crippen LogP contribution in [0.3, 0.4) is 0 Å². The van der Waals surface area contributed by atoms with Crippen LogP contribution < -0.4 is 0 Å². The molecule has 0 spiro atoms. The molecule has 0 saturated heterocycles. The molecule has 0 saturated carbocycles. The summed E-state index contributed by atoms with van der Waals surface area (Å²) in [5, 5.41) is 4.27. The number of imidazole rings is 1. The van der Waals surface area contributed by atoms with Gasteiger partial charge in [0.1, 0.15) is 0 Å². The minimum absolute atomic E-state index is 1.06. The summed E-state index contributed by atoms with van der Waals surface area (Å²) in [5.41, 5.74) is 7.61. The number of nitrogens with one attached hydrogen (secondary N) is 1. The molecule has 2 aromatic heterocycles. The summed E-state index contributed by atoms with van der Waals surface area (Å²) in [6.45, 7) is 0. The maximum absolute atomic E-state index is 4.27. The summed E-state index contributed by atoms with van der Waals surface area (Å²) < 4.78 is 1.92. The number of benzene rings is 1. The average Bonchev–Trinajstić information content (AvgIpc) is 3.19. The number of fused-ring (bicyclic) bond motifs is 1. The first kappa shape index (κ1) is 13.1. The zero-order valence-electron chi connectivity index (χ0n) is 12.6. The second-order valence-electron chi connectivity index (χ2n) is 5.74. The molecule has 3 aromatic rings. The Bertz CT molecular complexity index is 825. The van der Waals surface area contributed by atoms with Gasteiger partial charge < -0.3 is 4.98 Å². The fourth-order valence-corrected chi connectivity index (χ4v) is 3.20. The number of allylic oxidation sites excluding steroid dienone is 1. The van der Waals surface area contributed by atoms with E-state index in [1.807, 2.05) is 24.1 Å². The highest BCUT2D eigenvalue weighted by Gasteiger charge is 2.16. The van der Waals surface area contributed by atoms with Crippen LogP contribution in [0, 0.1) is 0 Å². The van der Waals surface area contributed by atoms with Crippen LogP contribution in [-0.2, 0) is 13.5 Å². The van der Waals surface area contributed by atoms with Gasteiger partial charge in [-0.05, 0) is 54.2 Å². The first-order valence-electron chi connectivity index (χ1n) is 7.62. The van der Waals surface area contributed by atoms with Crippen molar-refractivity contribution in [1.29, 1.82) is 0 Å². The SMILES string of the molecule is Cn1nccc1-c1ccc2c(c1)C(=Cc1cnc[nH]1)CCC2. The van der Waals surface area contributed by atoms with Crippen LogP contribution in [-0.4, -0.2) is 19.7 Å². The third kappa shape index (κ3) is 2.26. The molecule has 4 rings (SSSR count). The molecule has 0 fully saturated rings. The predicted octanol–water partition coefficient (Wildman–Crippen LogP) is 3.69. The number of rotatable bonds is 2. The van der Waals surface area contributed by atoms with Gasteiger partial charge in [-0.2, -0.15) is 5.10 Å². The van der Waals surface area contributed by atoms with Crippen molar-refractivity contribution in [3.63, 3.8) is 0 Å². The fraction of sp³-hybridized carbons (Fsp3) is 0.222. The third-order valence-corrected chi connectivity index (χ3v) is 4.31. The van der Waals surface area contributed by atoms with E-state index in [0.717, 1.165) is 24.2 Å². The third-order valence-electron chi connectivity index (χ3n) is 4.31. The van der Waals surface area contributed by atoms with Gasteiger partial charge in [0, 0.05) is 18.8 Å². The predicted molar refractivity (Wildman–Crippen MR) is 88.0 cm³/mol. The van der Waals surface area contributed by atoms with Crippen molar-refractivity contribution in [3.05, 3.63) is 59.8 Å². The van der Waals surface area contributed by atoms with E-state index in [1.54, 1.807) is 6.33 Å². The topological polar surface area (TPSA) is 46.5 Å². The maximum atomic E-state index is 4.27. The molecule has 1 aromatic carbocycles. The highest BCUT2D eigenvalue weighted by Crippen LogP contribution is 2.34. The van der Waals surface area contributed by atoms with E-state index >= 15 is 0 Å². The largest absolute Gasteiger partial charge is 0.345 e. The molecule has 0 radical (unpaired) electrons. The number of hydrogen-bond donors (Lipinski definition) is 1. The summed E-state index contributed by atoms with van der Waals surface area (Å²) in [4.78, 5) is 7.27. The molecule has 1 N–H and O–H groups in total. The summed E-state index contributed by atoms with van der Waals surface area (Å²) in [7, 11) is 1.98. The second-order valence-corrected chi connectivity index (χ2v) is 5.74. The normalized spacial score (nSPS) is 16.0. The molecule has 1 aliphatic carbocycles. The average molecular weight is 290 g/mol. The van der Waals surface area contributed by atoms with Crippen molar-refractivity contribution in [2.75, 3.05) is 0 Å². The Morgan fingerprint density at radius 2 is 2.18 bits per heavy atom. The van der Waals surface area contributed by atoms with Crippen LogP contribution in [0.15, 0.2) is 43.0 Å². The molecule has 1 aliphatic rings. The van der Waals surface area contributed by atoms with Crippen LogP contribution in [0.5, 0.6) is 0 Å². The van der Waals surface area contributed by atoms with Crippen molar-refractivity contribution in [2.45, 2.75) is 19.3 Å². The van der Waals surface area contributed by atoms with E-state index in [4.69, 9.17) is 0 Å². The van der Waals surface area contributed by atoms with Gasteiger partial charge in [0.25, 0.3) is 0 Å².